The summed E-state index contributed by atoms with van der Waals surface area (Å²) >= 11 is 0. The fourth-order valence-corrected chi connectivity index (χ4v) is 2.09. The third-order valence-corrected chi connectivity index (χ3v) is 2.65. The van der Waals surface area contributed by atoms with Crippen LogP contribution in [0.4, 0.5) is 0 Å². The molecule has 0 spiro atoms. The molecule has 1 heterocycles. The van der Waals surface area contributed by atoms with Gasteiger partial charge in [-0.1, -0.05) is 13.8 Å². The lowest BCUT2D eigenvalue weighted by atomic mass is 9.82. The number of β-amino-alcohol motifs (C(OH)–C–C–N with tert-alkyl or cyclic N) is 1. The fraction of sp³-hybridized carbons (Fsp3) is 1.00. The lowest BCUT2D eigenvalue weighted by Crippen LogP contribution is -2.28. The minimum atomic E-state index is -0.170. The van der Waals surface area contributed by atoms with Crippen LogP contribution >= 0.6 is 0 Å². The molecule has 0 aromatic carbocycles. The van der Waals surface area contributed by atoms with E-state index in [0.29, 0.717) is 5.92 Å². The Morgan fingerprint density at radius 3 is 2.62 bits per heavy atom. The number of hydrogen-bond acceptors (Lipinski definition) is 3. The van der Waals surface area contributed by atoms with Crippen LogP contribution in [0.2, 0.25) is 0 Å². The number of aliphatic hydroxyl groups is 1. The molecule has 0 aromatic rings. The van der Waals surface area contributed by atoms with Crippen molar-refractivity contribution >= 4 is 0 Å². The molecule has 2 unspecified atom stereocenters. The van der Waals surface area contributed by atoms with E-state index >= 15 is 0 Å². The van der Waals surface area contributed by atoms with Gasteiger partial charge in [0, 0.05) is 20.2 Å². The van der Waals surface area contributed by atoms with Crippen molar-refractivity contribution in [1.29, 1.82) is 0 Å². The van der Waals surface area contributed by atoms with Crippen LogP contribution in [-0.2, 0) is 4.74 Å². The zero-order valence-electron chi connectivity index (χ0n) is 8.84. The highest BCUT2D eigenvalue weighted by molar-refractivity contribution is 4.85. The van der Waals surface area contributed by atoms with Crippen LogP contribution in [0.25, 0.3) is 0 Å². The van der Waals surface area contributed by atoms with E-state index in [4.69, 9.17) is 4.74 Å². The van der Waals surface area contributed by atoms with Crippen molar-refractivity contribution in [2.45, 2.75) is 26.4 Å². The van der Waals surface area contributed by atoms with Crippen molar-refractivity contribution < 1.29 is 9.84 Å². The van der Waals surface area contributed by atoms with Gasteiger partial charge in [-0.25, -0.2) is 0 Å². The zero-order chi connectivity index (χ0) is 9.90. The summed E-state index contributed by atoms with van der Waals surface area (Å²) in [7, 11) is 1.73. The van der Waals surface area contributed by atoms with E-state index in [0.717, 1.165) is 26.1 Å². The Bertz CT molecular complexity index is 159. The van der Waals surface area contributed by atoms with E-state index in [-0.39, 0.29) is 11.5 Å². The van der Waals surface area contributed by atoms with Gasteiger partial charge in [0.05, 0.1) is 12.7 Å². The first kappa shape index (κ1) is 11.0. The summed E-state index contributed by atoms with van der Waals surface area (Å²) < 4.78 is 5.15. The molecule has 3 heteroatoms. The van der Waals surface area contributed by atoms with Crippen LogP contribution in [0.15, 0.2) is 0 Å². The highest BCUT2D eigenvalue weighted by Crippen LogP contribution is 2.28. The molecule has 0 bridgehead atoms. The molecule has 0 aromatic heterocycles. The second-order valence-corrected chi connectivity index (χ2v) is 4.79. The average molecular weight is 187 g/mol. The van der Waals surface area contributed by atoms with Crippen molar-refractivity contribution in [3.05, 3.63) is 0 Å². The monoisotopic (exact) mass is 187 g/mol. The second-order valence-electron chi connectivity index (χ2n) is 4.79. The van der Waals surface area contributed by atoms with Gasteiger partial charge in [-0.2, -0.15) is 0 Å². The molecular weight excluding hydrogens is 166 g/mol. The van der Waals surface area contributed by atoms with Crippen molar-refractivity contribution in [2.24, 2.45) is 11.3 Å². The first-order chi connectivity index (χ1) is 6.05. The molecule has 0 saturated carbocycles. The summed E-state index contributed by atoms with van der Waals surface area (Å²) in [4.78, 5) is 0. The van der Waals surface area contributed by atoms with Gasteiger partial charge in [0.15, 0.2) is 0 Å². The maximum absolute atomic E-state index is 9.62. The predicted octanol–water partition coefficient (Wildman–Crippen LogP) is 0.629. The number of ether oxygens (including phenoxy) is 1. The van der Waals surface area contributed by atoms with E-state index in [1.165, 1.54) is 0 Å². The van der Waals surface area contributed by atoms with Crippen LogP contribution < -0.4 is 5.32 Å². The molecule has 3 nitrogen and oxygen atoms in total. The highest BCUT2D eigenvalue weighted by Gasteiger charge is 2.31. The average Bonchev–Trinajstić information content (AvgIpc) is 2.35. The minimum absolute atomic E-state index is 0.170. The summed E-state index contributed by atoms with van der Waals surface area (Å²) in [6, 6.07) is 0. The van der Waals surface area contributed by atoms with Crippen LogP contribution in [0.3, 0.4) is 0 Å². The maximum Gasteiger partial charge on any atom is 0.0705 e. The van der Waals surface area contributed by atoms with Crippen LogP contribution in [0.5, 0.6) is 0 Å². The third-order valence-electron chi connectivity index (χ3n) is 2.65. The summed E-state index contributed by atoms with van der Waals surface area (Å²) in [5.74, 6) is 0.394. The standard InChI is InChI=1S/C10H21NO2/c1-10(2,7-13-3)4-8-5-11-6-9(8)12/h8-9,11-12H,4-7H2,1-3H3. The number of rotatable bonds is 4. The molecule has 0 aliphatic carbocycles. The molecule has 2 N–H and O–H groups in total. The predicted molar refractivity (Wildman–Crippen MR) is 52.6 cm³/mol. The summed E-state index contributed by atoms with van der Waals surface area (Å²) in [6.07, 6.45) is 0.853. The maximum atomic E-state index is 9.62. The second kappa shape index (κ2) is 4.40. The van der Waals surface area contributed by atoms with Crippen LogP contribution in [0, 0.1) is 11.3 Å². The Labute approximate surface area is 80.5 Å². The smallest absolute Gasteiger partial charge is 0.0705 e. The minimum Gasteiger partial charge on any atom is -0.391 e. The van der Waals surface area contributed by atoms with Gasteiger partial charge < -0.3 is 15.2 Å². The molecule has 0 radical (unpaired) electrons. The molecule has 13 heavy (non-hydrogen) atoms. The molecule has 1 rings (SSSR count). The van der Waals surface area contributed by atoms with Crippen LogP contribution in [0.1, 0.15) is 20.3 Å². The van der Waals surface area contributed by atoms with Crippen LogP contribution in [-0.4, -0.2) is 38.0 Å². The number of hydrogen-bond donors (Lipinski definition) is 2. The molecule has 0 amide bonds. The molecular formula is C10H21NO2. The van der Waals surface area contributed by atoms with E-state index in [9.17, 15) is 5.11 Å². The zero-order valence-corrected chi connectivity index (χ0v) is 8.84. The number of methoxy groups -OCH3 is 1. The Kier molecular flexibility index (Phi) is 3.71. The topological polar surface area (TPSA) is 41.5 Å². The lowest BCUT2D eigenvalue weighted by Gasteiger charge is -2.28. The van der Waals surface area contributed by atoms with Gasteiger partial charge >= 0.3 is 0 Å². The molecule has 78 valence electrons. The Hall–Kier alpha value is -0.120. The number of nitrogens with one attached hydrogen (secondary N) is 1. The normalized spacial score (nSPS) is 29.5. The third kappa shape index (κ3) is 3.25. The van der Waals surface area contributed by atoms with Crippen molar-refractivity contribution in [2.75, 3.05) is 26.8 Å². The van der Waals surface area contributed by atoms with Gasteiger partial charge in [-0.15, -0.1) is 0 Å². The molecule has 1 fully saturated rings. The van der Waals surface area contributed by atoms with Gasteiger partial charge in [-0.05, 0) is 17.8 Å². The van der Waals surface area contributed by atoms with Gasteiger partial charge in [0.2, 0.25) is 0 Å². The first-order valence-corrected chi connectivity index (χ1v) is 4.93. The Morgan fingerprint density at radius 1 is 1.46 bits per heavy atom. The van der Waals surface area contributed by atoms with Gasteiger partial charge in [0.25, 0.3) is 0 Å². The first-order valence-electron chi connectivity index (χ1n) is 4.93. The van der Waals surface area contributed by atoms with Crippen molar-refractivity contribution in [3.8, 4) is 0 Å². The Balaban J connectivity index is 2.37. The van der Waals surface area contributed by atoms with Crippen molar-refractivity contribution in [3.63, 3.8) is 0 Å². The van der Waals surface area contributed by atoms with Gasteiger partial charge in [-0.3, -0.25) is 0 Å². The molecule has 1 saturated heterocycles. The largest absolute Gasteiger partial charge is 0.391 e. The van der Waals surface area contributed by atoms with Crippen molar-refractivity contribution in [1.82, 2.24) is 5.32 Å². The van der Waals surface area contributed by atoms with E-state index < -0.39 is 0 Å². The van der Waals surface area contributed by atoms with Gasteiger partial charge in [0.1, 0.15) is 0 Å². The molecule has 1 aliphatic rings. The number of aliphatic hydroxyl groups excluding tert-OH is 1. The quantitative estimate of drug-likeness (QED) is 0.678. The molecule has 2 atom stereocenters. The van der Waals surface area contributed by atoms with E-state index in [1.807, 2.05) is 0 Å². The Morgan fingerprint density at radius 2 is 2.15 bits per heavy atom. The summed E-state index contributed by atoms with van der Waals surface area (Å²) in [5.41, 5.74) is 0.173. The summed E-state index contributed by atoms with van der Waals surface area (Å²) in [6.45, 7) is 6.81. The van der Waals surface area contributed by atoms with E-state index in [1.54, 1.807) is 7.11 Å². The lowest BCUT2D eigenvalue weighted by molar-refractivity contribution is 0.0606. The SMILES string of the molecule is COCC(C)(C)CC1CNCC1O. The summed E-state index contributed by atoms with van der Waals surface area (Å²) in [5, 5.41) is 12.8. The fourth-order valence-electron chi connectivity index (χ4n) is 2.09. The highest BCUT2D eigenvalue weighted by atomic mass is 16.5. The van der Waals surface area contributed by atoms with E-state index in [2.05, 4.69) is 19.2 Å². The molecule has 1 aliphatic heterocycles.